The van der Waals surface area contributed by atoms with Gasteiger partial charge in [-0.1, -0.05) is 32.1 Å². The van der Waals surface area contributed by atoms with E-state index in [-0.39, 0.29) is 23.8 Å². The molecule has 2 aromatic rings. The standard InChI is InChI=1S/C29H35N5O5/c1-15(2)24-26(36)33-10-6-9-22(33)29(38)34(24)27(37)28(3,39-29)31-25(35)17-11-19-18-7-5-8-20-23(18)16(13-30-20)12-21(19)32(4)14-17/h5,7-8,11,13,15,17,21-22,24,30,38H,6,9-10,12,14H2,1-4H3,(H,31,35)/t17?,21?,22?,24?,28-,29?/m1/s1. The Morgan fingerprint density at radius 2 is 2.08 bits per heavy atom. The van der Waals surface area contributed by atoms with Crippen molar-refractivity contribution in [2.45, 2.75) is 69.8 Å². The number of aromatic amines is 1. The predicted octanol–water partition coefficient (Wildman–Crippen LogP) is 1.40. The smallest absolute Gasteiger partial charge is 0.280 e. The molecule has 4 aliphatic heterocycles. The Morgan fingerprint density at radius 1 is 1.28 bits per heavy atom. The average Bonchev–Trinajstić information content (AvgIpc) is 3.59. The number of amides is 3. The van der Waals surface area contributed by atoms with Crippen LogP contribution in [0.2, 0.25) is 0 Å². The van der Waals surface area contributed by atoms with E-state index < -0.39 is 35.5 Å². The lowest BCUT2D eigenvalue weighted by atomic mass is 9.79. The van der Waals surface area contributed by atoms with Gasteiger partial charge >= 0.3 is 0 Å². The number of H-pyrrole nitrogens is 1. The van der Waals surface area contributed by atoms with Crippen molar-refractivity contribution >= 4 is 34.2 Å². The van der Waals surface area contributed by atoms with Gasteiger partial charge in [-0.25, -0.2) is 0 Å². The zero-order valence-corrected chi connectivity index (χ0v) is 22.7. The summed E-state index contributed by atoms with van der Waals surface area (Å²) in [6, 6.07) is 4.81. The van der Waals surface area contributed by atoms with Crippen molar-refractivity contribution in [2.75, 3.05) is 20.1 Å². The molecule has 10 nitrogen and oxygen atoms in total. The molecular formula is C29H35N5O5. The van der Waals surface area contributed by atoms with Crippen molar-refractivity contribution in [2.24, 2.45) is 11.8 Å². The van der Waals surface area contributed by atoms with Gasteiger partial charge in [0.15, 0.2) is 0 Å². The number of nitrogens with zero attached hydrogens (tertiary/aromatic N) is 3. The fourth-order valence-corrected chi connectivity index (χ4v) is 7.63. The Hall–Kier alpha value is -3.21. The highest BCUT2D eigenvalue weighted by molar-refractivity contribution is 6.00. The maximum Gasteiger partial charge on any atom is 0.280 e. The number of carbonyl (C=O) groups excluding carboxylic acids is 3. The SMILES string of the molecule is CC(C)C1C(=O)N2CCCC2C2(O)O[C@@](C)(NC(=O)C3C=C4c5cccc6[nH]cc(c56)CC4N(C)C3)C(=O)N12. The molecule has 0 saturated carbocycles. The Kier molecular flexibility index (Phi) is 5.19. The molecular weight excluding hydrogens is 498 g/mol. The second-order valence-electron chi connectivity index (χ2n) is 12.3. The molecule has 0 radical (unpaired) electrons. The van der Waals surface area contributed by atoms with Gasteiger partial charge in [-0.05, 0) is 61.9 Å². The molecule has 3 fully saturated rings. The number of hydrogen-bond donors (Lipinski definition) is 3. The lowest BCUT2D eigenvalue weighted by Crippen LogP contribution is -2.72. The number of aliphatic hydroxyl groups is 1. The first-order valence-electron chi connectivity index (χ1n) is 13.9. The van der Waals surface area contributed by atoms with Gasteiger partial charge in [-0.2, -0.15) is 0 Å². The number of rotatable bonds is 3. The van der Waals surface area contributed by atoms with Crippen LogP contribution in [-0.4, -0.2) is 92.4 Å². The molecule has 1 aromatic heterocycles. The molecule has 39 heavy (non-hydrogen) atoms. The van der Waals surface area contributed by atoms with Gasteiger partial charge < -0.3 is 20.3 Å². The van der Waals surface area contributed by atoms with Crippen LogP contribution in [0.4, 0.5) is 0 Å². The number of hydrogen-bond acceptors (Lipinski definition) is 6. The fraction of sp³-hybridized carbons (Fsp3) is 0.552. The van der Waals surface area contributed by atoms with E-state index in [0.29, 0.717) is 19.5 Å². The summed E-state index contributed by atoms with van der Waals surface area (Å²) in [5, 5.41) is 15.9. The van der Waals surface area contributed by atoms with Crippen LogP contribution in [0.15, 0.2) is 30.5 Å². The third-order valence-corrected chi connectivity index (χ3v) is 9.43. The van der Waals surface area contributed by atoms with E-state index in [1.165, 1.54) is 22.8 Å². The van der Waals surface area contributed by atoms with Crippen molar-refractivity contribution in [3.05, 3.63) is 41.6 Å². The second-order valence-corrected chi connectivity index (χ2v) is 12.3. The van der Waals surface area contributed by atoms with Crippen LogP contribution in [0.25, 0.3) is 16.5 Å². The third-order valence-electron chi connectivity index (χ3n) is 9.43. The number of piperazine rings is 1. The van der Waals surface area contributed by atoms with Crippen LogP contribution in [0.3, 0.4) is 0 Å². The molecule has 3 saturated heterocycles. The summed E-state index contributed by atoms with van der Waals surface area (Å²) in [7, 11) is 2.02. The van der Waals surface area contributed by atoms with Gasteiger partial charge in [0.05, 0.1) is 5.92 Å². The Morgan fingerprint density at radius 3 is 2.85 bits per heavy atom. The Balaban J connectivity index is 1.21. The van der Waals surface area contributed by atoms with Crippen LogP contribution in [0, 0.1) is 11.8 Å². The molecule has 0 spiro atoms. The van der Waals surface area contributed by atoms with Crippen LogP contribution in [0.5, 0.6) is 0 Å². The van der Waals surface area contributed by atoms with Gasteiger partial charge in [0.25, 0.3) is 11.8 Å². The quantitative estimate of drug-likeness (QED) is 0.549. The van der Waals surface area contributed by atoms with Crippen molar-refractivity contribution in [1.82, 2.24) is 25.0 Å². The highest BCUT2D eigenvalue weighted by atomic mass is 16.7. The van der Waals surface area contributed by atoms with Crippen molar-refractivity contribution in [1.29, 1.82) is 0 Å². The van der Waals surface area contributed by atoms with Gasteiger partial charge in [0.2, 0.25) is 17.5 Å². The number of benzene rings is 1. The molecule has 5 aliphatic rings. The number of nitrogens with one attached hydrogen (secondary N) is 2. The molecule has 1 aromatic carbocycles. The number of carbonyl (C=O) groups is 3. The van der Waals surface area contributed by atoms with E-state index >= 15 is 0 Å². The monoisotopic (exact) mass is 533 g/mol. The molecule has 1 aliphatic carbocycles. The number of ether oxygens (including phenoxy) is 1. The van der Waals surface area contributed by atoms with E-state index in [4.69, 9.17) is 4.74 Å². The first kappa shape index (κ1) is 24.8. The average molecular weight is 534 g/mol. The minimum Gasteiger partial charge on any atom is -0.361 e. The Bertz CT molecular complexity index is 1450. The minimum atomic E-state index is -1.99. The zero-order valence-electron chi connectivity index (χ0n) is 22.7. The lowest BCUT2D eigenvalue weighted by molar-refractivity contribution is -0.317. The number of fused-ring (bicyclic) bond motifs is 5. The molecule has 0 bridgehead atoms. The summed E-state index contributed by atoms with van der Waals surface area (Å²) < 4.78 is 6.14. The third kappa shape index (κ3) is 3.28. The van der Waals surface area contributed by atoms with Crippen LogP contribution in [0.1, 0.15) is 44.7 Å². The van der Waals surface area contributed by atoms with Crippen molar-refractivity contribution < 1.29 is 24.2 Å². The van der Waals surface area contributed by atoms with E-state index in [2.05, 4.69) is 33.5 Å². The normalized spacial score (nSPS) is 35.8. The maximum absolute atomic E-state index is 13.9. The molecule has 10 heteroatoms. The highest BCUT2D eigenvalue weighted by Gasteiger charge is 2.70. The molecule has 6 atom stereocenters. The first-order chi connectivity index (χ1) is 18.5. The highest BCUT2D eigenvalue weighted by Crippen LogP contribution is 2.47. The van der Waals surface area contributed by atoms with Gasteiger partial charge in [-0.3, -0.25) is 28.9 Å². The van der Waals surface area contributed by atoms with E-state index in [9.17, 15) is 19.5 Å². The lowest BCUT2D eigenvalue weighted by Gasteiger charge is -2.49. The van der Waals surface area contributed by atoms with Crippen molar-refractivity contribution in [3.63, 3.8) is 0 Å². The van der Waals surface area contributed by atoms with Gasteiger partial charge in [0, 0.05) is 36.2 Å². The van der Waals surface area contributed by atoms with Crippen LogP contribution in [-0.2, 0) is 25.5 Å². The second kappa shape index (κ2) is 8.16. The van der Waals surface area contributed by atoms with Crippen LogP contribution >= 0.6 is 0 Å². The van der Waals surface area contributed by atoms with Gasteiger partial charge in [0.1, 0.15) is 12.1 Å². The first-order valence-corrected chi connectivity index (χ1v) is 13.9. The molecule has 5 unspecified atom stereocenters. The van der Waals surface area contributed by atoms with Crippen molar-refractivity contribution in [3.8, 4) is 0 Å². The number of aromatic nitrogens is 1. The molecule has 3 amide bonds. The van der Waals surface area contributed by atoms with Crippen LogP contribution < -0.4 is 5.32 Å². The minimum absolute atomic E-state index is 0.156. The summed E-state index contributed by atoms with van der Waals surface area (Å²) in [5.41, 5.74) is 2.78. The van der Waals surface area contributed by atoms with Gasteiger partial charge in [-0.15, -0.1) is 0 Å². The van der Waals surface area contributed by atoms with E-state index in [1.54, 1.807) is 4.90 Å². The molecule has 5 heterocycles. The Labute approximate surface area is 226 Å². The predicted molar refractivity (Wildman–Crippen MR) is 143 cm³/mol. The summed E-state index contributed by atoms with van der Waals surface area (Å²) >= 11 is 0. The topological polar surface area (TPSA) is 118 Å². The summed E-state index contributed by atoms with van der Waals surface area (Å²) in [4.78, 5) is 49.4. The molecule has 3 N–H and O–H groups in total. The summed E-state index contributed by atoms with van der Waals surface area (Å²) in [6.45, 7) is 6.18. The molecule has 7 rings (SSSR count). The number of likely N-dealkylation sites (N-methyl/N-ethyl adjacent to an activating group) is 1. The largest absolute Gasteiger partial charge is 0.361 e. The van der Waals surface area contributed by atoms with E-state index in [1.807, 2.05) is 33.0 Å². The zero-order chi connectivity index (χ0) is 27.4. The van der Waals surface area contributed by atoms with E-state index in [0.717, 1.165) is 29.5 Å². The summed E-state index contributed by atoms with van der Waals surface area (Å²) in [5.74, 6) is -3.87. The fourth-order valence-electron chi connectivity index (χ4n) is 7.63. The maximum atomic E-state index is 13.9. The molecule has 206 valence electrons. The summed E-state index contributed by atoms with van der Waals surface area (Å²) in [6.07, 6.45) is 6.19.